The molecule has 1 fully saturated rings. The number of amides is 3. The summed E-state index contributed by atoms with van der Waals surface area (Å²) in [6.07, 6.45) is 1.95. The third-order valence-corrected chi connectivity index (χ3v) is 9.03. The molecule has 48 heavy (non-hydrogen) atoms. The molecule has 11 nitrogen and oxygen atoms in total. The fourth-order valence-electron chi connectivity index (χ4n) is 6.34. The van der Waals surface area contributed by atoms with Crippen LogP contribution in [0.25, 0.3) is 0 Å². The monoisotopic (exact) mass is 677 g/mol. The van der Waals surface area contributed by atoms with Crippen molar-refractivity contribution in [2.24, 2.45) is 29.4 Å². The minimum atomic E-state index is -0.986. The summed E-state index contributed by atoms with van der Waals surface area (Å²) in [6, 6.07) is 4.88. The topological polar surface area (TPSA) is 139 Å². The number of nitrogens with two attached hydrogens (primary N) is 1. The van der Waals surface area contributed by atoms with Gasteiger partial charge in [-0.05, 0) is 95.8 Å². The maximum absolute atomic E-state index is 13.9. The highest BCUT2D eigenvalue weighted by molar-refractivity contribution is 5.87. The number of nitrogens with one attached hydrogen (secondary N) is 1. The molecule has 274 valence electrons. The van der Waals surface area contributed by atoms with Crippen LogP contribution in [0.3, 0.4) is 0 Å². The highest BCUT2D eigenvalue weighted by Gasteiger charge is 2.52. The first-order chi connectivity index (χ1) is 22.3. The highest BCUT2D eigenvalue weighted by Crippen LogP contribution is 2.42. The van der Waals surface area contributed by atoms with Gasteiger partial charge in [0.05, 0.1) is 25.9 Å². The van der Waals surface area contributed by atoms with E-state index >= 15 is 0 Å². The van der Waals surface area contributed by atoms with E-state index in [9.17, 15) is 14.4 Å². The number of nitrogens with zero attached hydrogens (tertiary/aromatic N) is 1. The number of primary amides is 1. The molecule has 1 saturated heterocycles. The molecule has 3 amide bonds. The minimum Gasteiger partial charge on any atom is -0.493 e. The quantitative estimate of drug-likeness (QED) is 0.178. The standard InChI is InChI=1S/C37H63N3O8/c1-13-28(33(38)41)39-34(42)27(24(4)5)22-31-29(40(37(9,10)47-31)35(43)48-36(6,7)8)21-26(23(2)3)19-25-15-16-30(45-12)32(20-25)46-18-14-17-44-11/h15-16,20,23-24,26-29,31H,13-14,17-19,21-22H2,1-12H3,(H2,38,41)(H,39,42)/t26-,27-,28-,29-,31-/m0/s1. The van der Waals surface area contributed by atoms with Crippen LogP contribution in [0.4, 0.5) is 4.79 Å². The molecule has 5 atom stereocenters. The summed E-state index contributed by atoms with van der Waals surface area (Å²) >= 11 is 0. The first-order valence-corrected chi connectivity index (χ1v) is 17.4. The SMILES string of the molecule is CC[C@H](NC(=O)[C@@H](C[C@@H]1OC(C)(C)N(C(=O)OC(C)(C)C)[C@H]1C[C@H](Cc1ccc(OC)c(OCCCOC)c1)C(C)C)C(C)C)C(N)=O. The van der Waals surface area contributed by atoms with Crippen molar-refractivity contribution in [1.82, 2.24) is 10.2 Å². The predicted molar refractivity (Wildman–Crippen MR) is 187 cm³/mol. The van der Waals surface area contributed by atoms with E-state index in [-0.39, 0.29) is 29.7 Å². The molecule has 3 N–H and O–H groups in total. The Labute approximate surface area is 288 Å². The van der Waals surface area contributed by atoms with Gasteiger partial charge in [-0.15, -0.1) is 0 Å². The summed E-state index contributed by atoms with van der Waals surface area (Å²) in [5.41, 5.74) is 4.94. The number of carbonyl (C=O) groups excluding carboxylic acids is 3. The molecule has 0 radical (unpaired) electrons. The van der Waals surface area contributed by atoms with Crippen molar-refractivity contribution in [2.75, 3.05) is 27.4 Å². The number of hydrogen-bond acceptors (Lipinski definition) is 8. The molecular formula is C37H63N3O8. The van der Waals surface area contributed by atoms with Gasteiger partial charge in [0.1, 0.15) is 17.4 Å². The van der Waals surface area contributed by atoms with Gasteiger partial charge in [-0.25, -0.2) is 4.79 Å². The average Bonchev–Trinajstić information content (AvgIpc) is 3.23. The van der Waals surface area contributed by atoms with Gasteiger partial charge >= 0.3 is 6.09 Å². The van der Waals surface area contributed by atoms with Gasteiger partial charge in [0.25, 0.3) is 0 Å². The molecule has 0 bridgehead atoms. The van der Waals surface area contributed by atoms with Crippen LogP contribution in [0.1, 0.15) is 100 Å². The smallest absolute Gasteiger partial charge is 0.412 e. The lowest BCUT2D eigenvalue weighted by atomic mass is 9.80. The van der Waals surface area contributed by atoms with Crippen molar-refractivity contribution in [3.8, 4) is 11.5 Å². The highest BCUT2D eigenvalue weighted by atomic mass is 16.6. The molecule has 1 heterocycles. The molecule has 0 saturated carbocycles. The van der Waals surface area contributed by atoms with Crippen LogP contribution in [0, 0.1) is 23.7 Å². The number of ether oxygens (including phenoxy) is 5. The summed E-state index contributed by atoms with van der Waals surface area (Å²) in [4.78, 5) is 41.1. The second-order valence-electron chi connectivity index (χ2n) is 15.1. The number of benzene rings is 1. The Morgan fingerprint density at radius 3 is 2.21 bits per heavy atom. The minimum absolute atomic E-state index is 0.0548. The summed E-state index contributed by atoms with van der Waals surface area (Å²) in [7, 11) is 3.30. The lowest BCUT2D eigenvalue weighted by molar-refractivity contribution is -0.133. The second kappa shape index (κ2) is 18.1. The number of methoxy groups -OCH3 is 2. The van der Waals surface area contributed by atoms with Crippen LogP contribution in [0.15, 0.2) is 18.2 Å². The van der Waals surface area contributed by atoms with E-state index in [4.69, 9.17) is 29.4 Å². The zero-order chi connectivity index (χ0) is 36.4. The second-order valence-corrected chi connectivity index (χ2v) is 15.1. The number of carbonyl (C=O) groups is 3. The lowest BCUT2D eigenvalue weighted by Gasteiger charge is -2.37. The summed E-state index contributed by atoms with van der Waals surface area (Å²) in [5.74, 6) is 0.399. The van der Waals surface area contributed by atoms with Crippen molar-refractivity contribution < 1.29 is 38.1 Å². The molecule has 0 aromatic heterocycles. The molecule has 0 unspecified atom stereocenters. The summed E-state index contributed by atoms with van der Waals surface area (Å²) in [5, 5.41) is 2.85. The lowest BCUT2D eigenvalue weighted by Crippen LogP contribution is -2.51. The maximum atomic E-state index is 13.9. The van der Waals surface area contributed by atoms with E-state index < -0.39 is 41.4 Å². The van der Waals surface area contributed by atoms with Gasteiger partial charge in [0, 0.05) is 26.1 Å². The van der Waals surface area contributed by atoms with Crippen molar-refractivity contribution in [3.63, 3.8) is 0 Å². The van der Waals surface area contributed by atoms with Gasteiger partial charge in [-0.2, -0.15) is 0 Å². The third-order valence-electron chi connectivity index (χ3n) is 9.03. The van der Waals surface area contributed by atoms with Crippen molar-refractivity contribution in [2.45, 2.75) is 131 Å². The van der Waals surface area contributed by atoms with E-state index in [1.165, 1.54) is 0 Å². The molecule has 1 aromatic rings. The van der Waals surface area contributed by atoms with Crippen molar-refractivity contribution in [1.29, 1.82) is 0 Å². The average molecular weight is 678 g/mol. The van der Waals surface area contributed by atoms with Crippen molar-refractivity contribution >= 4 is 17.9 Å². The van der Waals surface area contributed by atoms with Gasteiger partial charge in [-0.1, -0.05) is 40.7 Å². The largest absolute Gasteiger partial charge is 0.493 e. The van der Waals surface area contributed by atoms with Crippen LogP contribution in [-0.4, -0.2) is 79.8 Å². The fourth-order valence-corrected chi connectivity index (χ4v) is 6.34. The van der Waals surface area contributed by atoms with Crippen LogP contribution >= 0.6 is 0 Å². The Kier molecular flexibility index (Phi) is 15.5. The van der Waals surface area contributed by atoms with E-state index in [0.717, 1.165) is 18.4 Å². The fraction of sp³-hybridized carbons (Fsp3) is 0.757. The Morgan fingerprint density at radius 1 is 1.02 bits per heavy atom. The van der Waals surface area contributed by atoms with Gasteiger partial charge in [0.2, 0.25) is 11.8 Å². The van der Waals surface area contributed by atoms with E-state index in [2.05, 4.69) is 25.2 Å². The van der Waals surface area contributed by atoms with Crippen LogP contribution in [0.2, 0.25) is 0 Å². The molecule has 11 heteroatoms. The Bertz CT molecular complexity index is 1200. The first-order valence-electron chi connectivity index (χ1n) is 17.4. The van der Waals surface area contributed by atoms with Gasteiger partial charge < -0.3 is 34.7 Å². The van der Waals surface area contributed by atoms with Crippen LogP contribution in [-0.2, 0) is 30.2 Å². The zero-order valence-electron chi connectivity index (χ0n) is 31.5. The van der Waals surface area contributed by atoms with E-state index in [1.807, 2.05) is 67.5 Å². The Balaban J connectivity index is 2.48. The normalized spacial score (nSPS) is 19.6. The molecule has 1 aromatic carbocycles. The number of hydrogen-bond donors (Lipinski definition) is 2. The summed E-state index contributed by atoms with van der Waals surface area (Å²) in [6.45, 7) is 20.5. The third kappa shape index (κ3) is 11.8. The van der Waals surface area contributed by atoms with Crippen LogP contribution in [0.5, 0.6) is 11.5 Å². The van der Waals surface area contributed by atoms with Gasteiger partial charge in [-0.3, -0.25) is 14.5 Å². The first kappa shape index (κ1) is 41.1. The molecule has 2 rings (SSSR count). The van der Waals surface area contributed by atoms with E-state index in [1.54, 1.807) is 19.1 Å². The zero-order valence-corrected chi connectivity index (χ0v) is 31.5. The molecule has 0 spiro atoms. The molecule has 0 aliphatic carbocycles. The Morgan fingerprint density at radius 2 is 1.69 bits per heavy atom. The van der Waals surface area contributed by atoms with Gasteiger partial charge in [0.15, 0.2) is 11.5 Å². The summed E-state index contributed by atoms with van der Waals surface area (Å²) < 4.78 is 29.4. The van der Waals surface area contributed by atoms with Crippen molar-refractivity contribution in [3.05, 3.63) is 23.8 Å². The maximum Gasteiger partial charge on any atom is 0.412 e. The van der Waals surface area contributed by atoms with E-state index in [0.29, 0.717) is 44.0 Å². The predicted octanol–water partition coefficient (Wildman–Crippen LogP) is 6.10. The molecule has 1 aliphatic rings. The Hall–Kier alpha value is -3.05. The van der Waals surface area contributed by atoms with Crippen LogP contribution < -0.4 is 20.5 Å². The molecule has 1 aliphatic heterocycles. The number of rotatable bonds is 18. The molecular weight excluding hydrogens is 614 g/mol.